The lowest BCUT2D eigenvalue weighted by atomic mass is 9.98. The third-order valence-electron chi connectivity index (χ3n) is 3.51. The van der Waals surface area contributed by atoms with Crippen molar-refractivity contribution in [3.8, 4) is 0 Å². The van der Waals surface area contributed by atoms with E-state index in [4.69, 9.17) is 0 Å². The van der Waals surface area contributed by atoms with Gasteiger partial charge in [-0.2, -0.15) is 0 Å². The summed E-state index contributed by atoms with van der Waals surface area (Å²) in [6, 6.07) is 0.297. The van der Waals surface area contributed by atoms with Gasteiger partial charge in [-0.1, -0.05) is 55.5 Å². The van der Waals surface area contributed by atoms with E-state index in [0.29, 0.717) is 12.0 Å². The molecule has 1 aliphatic carbocycles. The van der Waals surface area contributed by atoms with Gasteiger partial charge in [0.2, 0.25) is 5.91 Å². The second-order valence-corrected chi connectivity index (χ2v) is 6.33. The first-order valence-electron chi connectivity index (χ1n) is 6.99. The van der Waals surface area contributed by atoms with E-state index in [-0.39, 0.29) is 11.8 Å². The van der Waals surface area contributed by atoms with Crippen LogP contribution in [0.2, 0.25) is 0 Å². The molecule has 0 spiro atoms. The molecule has 1 unspecified atom stereocenters. The smallest absolute Gasteiger partial charge is 0.223 e. The van der Waals surface area contributed by atoms with Gasteiger partial charge in [0, 0.05) is 17.3 Å². The summed E-state index contributed by atoms with van der Waals surface area (Å²) in [6.07, 6.45) is 8.28. The highest BCUT2D eigenvalue weighted by Crippen LogP contribution is 2.23. The number of rotatable bonds is 5. The van der Waals surface area contributed by atoms with Gasteiger partial charge in [0.15, 0.2) is 0 Å². The van der Waals surface area contributed by atoms with E-state index >= 15 is 0 Å². The Balaban J connectivity index is 2.39. The van der Waals surface area contributed by atoms with Crippen LogP contribution in [-0.2, 0) is 4.79 Å². The summed E-state index contributed by atoms with van der Waals surface area (Å²) in [4.78, 5) is 12.2. The molecule has 0 aliphatic heterocycles. The van der Waals surface area contributed by atoms with Crippen molar-refractivity contribution in [1.82, 2.24) is 5.32 Å². The Morgan fingerprint density at radius 2 is 1.82 bits per heavy atom. The number of nitrogens with one attached hydrogen (secondary N) is 1. The summed E-state index contributed by atoms with van der Waals surface area (Å²) in [5.74, 6) is 1.19. The van der Waals surface area contributed by atoms with Crippen molar-refractivity contribution in [2.45, 2.75) is 64.8 Å². The van der Waals surface area contributed by atoms with Gasteiger partial charge in [0.05, 0.1) is 0 Å². The van der Waals surface area contributed by atoms with Crippen molar-refractivity contribution in [2.75, 3.05) is 5.33 Å². The molecule has 0 aromatic heterocycles. The lowest BCUT2D eigenvalue weighted by Crippen LogP contribution is -2.40. The van der Waals surface area contributed by atoms with Gasteiger partial charge in [0.1, 0.15) is 0 Å². The first kappa shape index (κ1) is 15.0. The van der Waals surface area contributed by atoms with Crippen LogP contribution < -0.4 is 5.32 Å². The van der Waals surface area contributed by atoms with E-state index < -0.39 is 0 Å². The van der Waals surface area contributed by atoms with E-state index in [9.17, 15) is 4.79 Å². The van der Waals surface area contributed by atoms with E-state index in [2.05, 4.69) is 35.1 Å². The maximum atomic E-state index is 12.2. The van der Waals surface area contributed by atoms with Gasteiger partial charge >= 0.3 is 0 Å². The molecule has 17 heavy (non-hydrogen) atoms. The number of carbonyl (C=O) groups is 1. The minimum absolute atomic E-state index is 0.270. The SMILES string of the molecule is CC(C)CC(CBr)NC(=O)C1CCCCCC1. The Morgan fingerprint density at radius 1 is 1.24 bits per heavy atom. The highest BCUT2D eigenvalue weighted by atomic mass is 79.9. The molecule has 1 saturated carbocycles. The molecule has 0 heterocycles. The van der Waals surface area contributed by atoms with Gasteiger partial charge in [0.25, 0.3) is 0 Å². The van der Waals surface area contributed by atoms with Crippen molar-refractivity contribution in [2.24, 2.45) is 11.8 Å². The lowest BCUT2D eigenvalue weighted by Gasteiger charge is -2.21. The van der Waals surface area contributed by atoms with Crippen LogP contribution >= 0.6 is 15.9 Å². The molecule has 0 radical (unpaired) electrons. The van der Waals surface area contributed by atoms with Gasteiger partial charge in [-0.15, -0.1) is 0 Å². The summed E-state index contributed by atoms with van der Waals surface area (Å²) in [7, 11) is 0. The molecule has 1 atom stereocenters. The predicted molar refractivity (Wildman–Crippen MR) is 76.4 cm³/mol. The Bertz CT molecular complexity index is 222. The largest absolute Gasteiger partial charge is 0.352 e. The van der Waals surface area contributed by atoms with E-state index in [1.165, 1.54) is 25.7 Å². The Morgan fingerprint density at radius 3 is 2.29 bits per heavy atom. The highest BCUT2D eigenvalue weighted by molar-refractivity contribution is 9.09. The normalized spacial score (nSPS) is 20.0. The van der Waals surface area contributed by atoms with E-state index in [1.807, 2.05) is 0 Å². The summed E-state index contributed by atoms with van der Waals surface area (Å²) in [5, 5.41) is 4.07. The first-order chi connectivity index (χ1) is 8.13. The van der Waals surface area contributed by atoms with Gasteiger partial charge < -0.3 is 5.32 Å². The minimum atomic E-state index is 0.270. The quantitative estimate of drug-likeness (QED) is 0.606. The zero-order chi connectivity index (χ0) is 12.7. The highest BCUT2D eigenvalue weighted by Gasteiger charge is 2.22. The van der Waals surface area contributed by atoms with Crippen LogP contribution in [0.4, 0.5) is 0 Å². The minimum Gasteiger partial charge on any atom is -0.352 e. The molecule has 2 nitrogen and oxygen atoms in total. The predicted octanol–water partition coefficient (Wildman–Crippen LogP) is 3.88. The fraction of sp³-hybridized carbons (Fsp3) is 0.929. The molecule has 1 fully saturated rings. The number of alkyl halides is 1. The van der Waals surface area contributed by atoms with Crippen LogP contribution in [-0.4, -0.2) is 17.3 Å². The molecule has 1 rings (SSSR count). The fourth-order valence-electron chi connectivity index (χ4n) is 2.59. The fourth-order valence-corrected chi connectivity index (χ4v) is 3.02. The zero-order valence-corrected chi connectivity index (χ0v) is 12.8. The third-order valence-corrected chi connectivity index (χ3v) is 4.30. The number of hydrogen-bond donors (Lipinski definition) is 1. The van der Waals surface area contributed by atoms with Crippen molar-refractivity contribution in [1.29, 1.82) is 0 Å². The number of hydrogen-bond acceptors (Lipinski definition) is 1. The third kappa shape index (κ3) is 5.89. The molecular weight excluding hydrogens is 278 g/mol. The summed E-state index contributed by atoms with van der Waals surface area (Å²) < 4.78 is 0. The molecular formula is C14H26BrNO. The molecule has 0 saturated heterocycles. The van der Waals surface area contributed by atoms with Crippen molar-refractivity contribution in [3.63, 3.8) is 0 Å². The van der Waals surface area contributed by atoms with E-state index in [1.54, 1.807) is 0 Å². The molecule has 0 aromatic rings. The zero-order valence-electron chi connectivity index (χ0n) is 11.2. The monoisotopic (exact) mass is 303 g/mol. The summed E-state index contributed by atoms with van der Waals surface area (Å²) in [6.45, 7) is 4.40. The van der Waals surface area contributed by atoms with Crippen LogP contribution in [0.3, 0.4) is 0 Å². The number of carbonyl (C=O) groups excluding carboxylic acids is 1. The van der Waals surface area contributed by atoms with Crippen LogP contribution in [0.15, 0.2) is 0 Å². The number of halogens is 1. The molecule has 1 N–H and O–H groups in total. The molecule has 0 bridgehead atoms. The summed E-state index contributed by atoms with van der Waals surface area (Å²) >= 11 is 3.50. The molecule has 0 aromatic carbocycles. The maximum absolute atomic E-state index is 12.2. The van der Waals surface area contributed by atoms with Gasteiger partial charge in [-0.25, -0.2) is 0 Å². The molecule has 100 valence electrons. The van der Waals surface area contributed by atoms with Crippen molar-refractivity contribution >= 4 is 21.8 Å². The Labute approximate surface area is 114 Å². The summed E-state index contributed by atoms with van der Waals surface area (Å²) in [5.41, 5.74) is 0. The van der Waals surface area contributed by atoms with Crippen molar-refractivity contribution in [3.05, 3.63) is 0 Å². The van der Waals surface area contributed by atoms with E-state index in [0.717, 1.165) is 24.6 Å². The molecule has 3 heteroatoms. The van der Waals surface area contributed by atoms with Gasteiger partial charge in [-0.3, -0.25) is 4.79 Å². The average molecular weight is 304 g/mol. The van der Waals surface area contributed by atoms with Crippen LogP contribution in [0.25, 0.3) is 0 Å². The van der Waals surface area contributed by atoms with Crippen LogP contribution in [0.1, 0.15) is 58.8 Å². The second-order valence-electron chi connectivity index (χ2n) is 5.68. The molecule has 1 amide bonds. The van der Waals surface area contributed by atoms with Crippen molar-refractivity contribution < 1.29 is 4.79 Å². The average Bonchev–Trinajstić information content (AvgIpc) is 2.55. The second kappa shape index (κ2) is 8.12. The van der Waals surface area contributed by atoms with Gasteiger partial charge in [-0.05, 0) is 25.2 Å². The van der Waals surface area contributed by atoms with Crippen LogP contribution in [0, 0.1) is 11.8 Å². The standard InChI is InChI=1S/C14H26BrNO/c1-11(2)9-13(10-15)16-14(17)12-7-5-3-4-6-8-12/h11-13H,3-10H2,1-2H3,(H,16,17). The maximum Gasteiger partial charge on any atom is 0.223 e. The topological polar surface area (TPSA) is 29.1 Å². The lowest BCUT2D eigenvalue weighted by molar-refractivity contribution is -0.126. The first-order valence-corrected chi connectivity index (χ1v) is 8.12. The van der Waals surface area contributed by atoms with Crippen LogP contribution in [0.5, 0.6) is 0 Å². The molecule has 1 aliphatic rings. The Hall–Kier alpha value is -0.0500. The number of amides is 1. The Kier molecular flexibility index (Phi) is 7.17.